The van der Waals surface area contributed by atoms with E-state index in [4.69, 9.17) is 4.84 Å². The van der Waals surface area contributed by atoms with E-state index in [0.29, 0.717) is 16.8 Å². The van der Waals surface area contributed by atoms with Gasteiger partial charge in [0.05, 0.1) is 10.6 Å². The number of halogens is 1. The van der Waals surface area contributed by atoms with Crippen molar-refractivity contribution in [3.8, 4) is 0 Å². The maximum atomic E-state index is 13.7. The first-order valence-electron chi connectivity index (χ1n) is 9.24. The minimum absolute atomic E-state index is 0.228. The topological polar surface area (TPSA) is 55.7 Å². The van der Waals surface area contributed by atoms with Crippen molar-refractivity contribution in [1.29, 1.82) is 0 Å². The van der Waals surface area contributed by atoms with Crippen molar-refractivity contribution in [2.75, 3.05) is 5.75 Å². The fraction of sp³-hybridized carbons (Fsp3) is 0.174. The number of hydrogen-bond donors (Lipinski definition) is 0. The monoisotopic (exact) mass is 409 g/mol. The molecule has 1 aliphatic heterocycles. The van der Waals surface area contributed by atoms with Crippen LogP contribution < -0.4 is 0 Å². The van der Waals surface area contributed by atoms with Crippen molar-refractivity contribution in [2.24, 2.45) is 5.16 Å². The lowest BCUT2D eigenvalue weighted by Crippen LogP contribution is -2.35. The Hall–Kier alpha value is -2.99. The van der Waals surface area contributed by atoms with Gasteiger partial charge in [0.1, 0.15) is 11.6 Å². The van der Waals surface area contributed by atoms with Gasteiger partial charge in [0.2, 0.25) is 0 Å². The van der Waals surface area contributed by atoms with Gasteiger partial charge in [-0.25, -0.2) is 12.8 Å². The maximum absolute atomic E-state index is 13.7. The van der Waals surface area contributed by atoms with Crippen molar-refractivity contribution in [2.45, 2.75) is 23.8 Å². The Morgan fingerprint density at radius 2 is 1.72 bits per heavy atom. The Bertz CT molecular complexity index is 1160. The average molecular weight is 409 g/mol. The lowest BCUT2D eigenvalue weighted by molar-refractivity contribution is -0.00450. The van der Waals surface area contributed by atoms with Crippen molar-refractivity contribution in [3.63, 3.8) is 0 Å². The molecule has 0 spiro atoms. The van der Waals surface area contributed by atoms with Crippen molar-refractivity contribution in [1.82, 2.24) is 0 Å². The number of benzene rings is 3. The Kier molecular flexibility index (Phi) is 4.96. The quantitative estimate of drug-likeness (QED) is 0.617. The van der Waals surface area contributed by atoms with Crippen molar-refractivity contribution >= 4 is 15.5 Å². The van der Waals surface area contributed by atoms with Gasteiger partial charge in [-0.2, -0.15) is 0 Å². The summed E-state index contributed by atoms with van der Waals surface area (Å²) < 4.78 is 40.0. The van der Waals surface area contributed by atoms with Gasteiger partial charge in [-0.05, 0) is 36.8 Å². The molecular weight excluding hydrogens is 389 g/mol. The Morgan fingerprint density at radius 1 is 1.00 bits per heavy atom. The molecule has 3 aromatic rings. The molecule has 1 aliphatic rings. The van der Waals surface area contributed by atoms with E-state index in [9.17, 15) is 12.8 Å². The molecule has 3 aromatic carbocycles. The molecule has 0 saturated carbocycles. The van der Waals surface area contributed by atoms with Crippen LogP contribution in [-0.2, 0) is 20.3 Å². The van der Waals surface area contributed by atoms with Gasteiger partial charge >= 0.3 is 0 Å². The third-order valence-electron chi connectivity index (χ3n) is 5.04. The molecule has 0 saturated heterocycles. The molecule has 0 bridgehead atoms. The second kappa shape index (κ2) is 7.44. The lowest BCUT2D eigenvalue weighted by atomic mass is 9.89. The van der Waals surface area contributed by atoms with Gasteiger partial charge in [-0.15, -0.1) is 0 Å². The predicted molar refractivity (Wildman–Crippen MR) is 110 cm³/mol. The zero-order chi connectivity index (χ0) is 20.5. The van der Waals surface area contributed by atoms with Gasteiger partial charge in [0, 0.05) is 12.0 Å². The molecular formula is C23H20FNO3S. The average Bonchev–Trinajstić information content (AvgIpc) is 3.14. The zero-order valence-corrected chi connectivity index (χ0v) is 16.7. The summed E-state index contributed by atoms with van der Waals surface area (Å²) in [6, 6.07) is 22.0. The van der Waals surface area contributed by atoms with Crippen LogP contribution in [0.1, 0.15) is 23.1 Å². The summed E-state index contributed by atoms with van der Waals surface area (Å²) in [7, 11) is -3.65. The predicted octanol–water partition coefficient (Wildman–Crippen LogP) is 4.63. The van der Waals surface area contributed by atoms with Crippen LogP contribution in [-0.4, -0.2) is 19.9 Å². The van der Waals surface area contributed by atoms with E-state index in [0.717, 1.165) is 5.56 Å². The zero-order valence-electron chi connectivity index (χ0n) is 15.9. The van der Waals surface area contributed by atoms with Gasteiger partial charge in [0.15, 0.2) is 15.4 Å². The summed E-state index contributed by atoms with van der Waals surface area (Å²) in [5.41, 5.74) is 1.62. The van der Waals surface area contributed by atoms with E-state index < -0.39 is 15.4 Å². The van der Waals surface area contributed by atoms with Gasteiger partial charge < -0.3 is 4.84 Å². The molecule has 0 N–H and O–H groups in total. The number of aryl methyl sites for hydroxylation is 1. The van der Waals surface area contributed by atoms with E-state index >= 15 is 0 Å². The Labute approximate surface area is 169 Å². The van der Waals surface area contributed by atoms with Gasteiger partial charge in [-0.3, -0.25) is 0 Å². The summed E-state index contributed by atoms with van der Waals surface area (Å²) in [6.45, 7) is 1.90. The van der Waals surface area contributed by atoms with E-state index in [1.165, 1.54) is 12.1 Å². The molecule has 4 nitrogen and oxygen atoms in total. The first-order chi connectivity index (χ1) is 13.9. The van der Waals surface area contributed by atoms with Crippen LogP contribution in [0.4, 0.5) is 4.39 Å². The van der Waals surface area contributed by atoms with Gasteiger partial charge in [0.25, 0.3) is 0 Å². The van der Waals surface area contributed by atoms with Crippen LogP contribution in [0.25, 0.3) is 0 Å². The Morgan fingerprint density at radius 3 is 2.41 bits per heavy atom. The normalized spacial score (nSPS) is 18.9. The van der Waals surface area contributed by atoms with Crippen LogP contribution in [0.5, 0.6) is 0 Å². The fourth-order valence-corrected chi connectivity index (χ4v) is 5.15. The van der Waals surface area contributed by atoms with E-state index in [-0.39, 0.29) is 22.9 Å². The molecule has 0 aromatic heterocycles. The van der Waals surface area contributed by atoms with Crippen LogP contribution in [0, 0.1) is 12.7 Å². The third kappa shape index (κ3) is 3.93. The highest BCUT2D eigenvalue weighted by Gasteiger charge is 2.45. The van der Waals surface area contributed by atoms with Crippen LogP contribution in [0.15, 0.2) is 88.9 Å². The number of oxime groups is 1. The highest BCUT2D eigenvalue weighted by atomic mass is 32.2. The molecule has 0 radical (unpaired) electrons. The van der Waals surface area contributed by atoms with E-state index in [2.05, 4.69) is 5.16 Å². The summed E-state index contributed by atoms with van der Waals surface area (Å²) >= 11 is 0. The summed E-state index contributed by atoms with van der Waals surface area (Å²) in [4.78, 5) is 6.04. The fourth-order valence-electron chi connectivity index (χ4n) is 3.49. The molecule has 0 fully saturated rings. The molecule has 4 rings (SSSR count). The summed E-state index contributed by atoms with van der Waals surface area (Å²) in [6.07, 6.45) is 0.228. The molecule has 0 unspecified atom stereocenters. The Balaban J connectivity index is 1.71. The summed E-state index contributed by atoms with van der Waals surface area (Å²) in [5, 5.41) is 4.15. The molecule has 148 valence electrons. The highest BCUT2D eigenvalue weighted by molar-refractivity contribution is 7.91. The second-order valence-corrected chi connectivity index (χ2v) is 9.24. The smallest absolute Gasteiger partial charge is 0.182 e. The minimum atomic E-state index is -3.65. The van der Waals surface area contributed by atoms with Crippen molar-refractivity contribution in [3.05, 3.63) is 101 Å². The first kappa shape index (κ1) is 19.3. The SMILES string of the molecule is Cc1ccc(S(=O)(=O)C[C@@]2(c3ccccc3)CC(c3cccc(F)c3)=NO2)cc1. The van der Waals surface area contributed by atoms with Crippen LogP contribution in [0.2, 0.25) is 0 Å². The molecule has 0 aliphatic carbocycles. The van der Waals surface area contributed by atoms with E-state index in [1.807, 2.05) is 37.3 Å². The number of rotatable bonds is 5. The maximum Gasteiger partial charge on any atom is 0.182 e. The summed E-state index contributed by atoms with van der Waals surface area (Å²) in [5.74, 6) is -0.648. The van der Waals surface area contributed by atoms with Crippen molar-refractivity contribution < 1.29 is 17.6 Å². The first-order valence-corrected chi connectivity index (χ1v) is 10.9. The third-order valence-corrected chi connectivity index (χ3v) is 6.88. The molecule has 1 atom stereocenters. The second-order valence-electron chi connectivity index (χ2n) is 7.25. The standard InChI is InChI=1S/C23H20FNO3S/c1-17-10-12-21(13-11-17)29(26,27)16-23(19-7-3-2-4-8-19)15-22(25-28-23)18-6-5-9-20(24)14-18/h2-14H,15-16H2,1H3/t23-/m1/s1. The molecule has 1 heterocycles. The lowest BCUT2D eigenvalue weighted by Gasteiger charge is -2.27. The van der Waals surface area contributed by atoms with Gasteiger partial charge in [-0.1, -0.05) is 65.3 Å². The highest BCUT2D eigenvalue weighted by Crippen LogP contribution is 2.39. The van der Waals surface area contributed by atoms with Crippen LogP contribution in [0.3, 0.4) is 0 Å². The molecule has 0 amide bonds. The molecule has 6 heteroatoms. The number of hydrogen-bond acceptors (Lipinski definition) is 4. The number of nitrogens with zero attached hydrogens (tertiary/aromatic N) is 1. The van der Waals surface area contributed by atoms with Crippen LogP contribution >= 0.6 is 0 Å². The largest absolute Gasteiger partial charge is 0.383 e. The number of sulfone groups is 1. The molecule has 29 heavy (non-hydrogen) atoms. The van der Waals surface area contributed by atoms with E-state index in [1.54, 1.807) is 36.4 Å². The minimum Gasteiger partial charge on any atom is -0.383 e.